The van der Waals surface area contributed by atoms with Crippen LogP contribution in [0.2, 0.25) is 5.02 Å². The number of carbonyl (C=O) groups is 1. The van der Waals surface area contributed by atoms with Crippen molar-refractivity contribution < 1.29 is 18.7 Å². The summed E-state index contributed by atoms with van der Waals surface area (Å²) in [7, 11) is 1.26. The average molecular weight is 281 g/mol. The molecule has 0 aliphatic rings. The number of benzene rings is 2. The third-order valence-corrected chi connectivity index (χ3v) is 2.61. The maximum atomic E-state index is 13.1. The Bertz CT molecular complexity index is 613. The van der Waals surface area contributed by atoms with Gasteiger partial charge in [-0.3, -0.25) is 0 Å². The topological polar surface area (TPSA) is 35.5 Å². The quantitative estimate of drug-likeness (QED) is 0.796. The Morgan fingerprint density at radius 1 is 1.21 bits per heavy atom. The molecule has 0 bridgehead atoms. The summed E-state index contributed by atoms with van der Waals surface area (Å²) in [6.45, 7) is 0. The minimum Gasteiger partial charge on any atom is -0.465 e. The molecule has 0 unspecified atom stereocenters. The number of ether oxygens (including phenoxy) is 2. The summed E-state index contributed by atoms with van der Waals surface area (Å²) in [6, 6.07) is 10.1. The minimum atomic E-state index is -0.575. The zero-order valence-electron chi connectivity index (χ0n) is 10.0. The van der Waals surface area contributed by atoms with Gasteiger partial charge in [-0.25, -0.2) is 9.18 Å². The third-order valence-electron chi connectivity index (χ3n) is 2.37. The maximum absolute atomic E-state index is 13.1. The van der Waals surface area contributed by atoms with Gasteiger partial charge < -0.3 is 9.47 Å². The number of halogens is 2. The molecule has 19 heavy (non-hydrogen) atoms. The van der Waals surface area contributed by atoms with Crippen molar-refractivity contribution in [2.24, 2.45) is 0 Å². The Kier molecular flexibility index (Phi) is 4.02. The van der Waals surface area contributed by atoms with Gasteiger partial charge in [-0.05, 0) is 30.3 Å². The predicted octanol–water partition coefficient (Wildman–Crippen LogP) is 4.06. The number of carbonyl (C=O) groups excluding carboxylic acids is 1. The van der Waals surface area contributed by atoms with E-state index < -0.39 is 11.8 Å². The predicted molar refractivity (Wildman–Crippen MR) is 69.3 cm³/mol. The Morgan fingerprint density at radius 3 is 2.68 bits per heavy atom. The van der Waals surface area contributed by atoms with E-state index in [-0.39, 0.29) is 17.1 Å². The van der Waals surface area contributed by atoms with Crippen LogP contribution in [0.25, 0.3) is 0 Å². The molecular formula is C14H10ClFO3. The molecule has 0 fully saturated rings. The first kappa shape index (κ1) is 13.4. The second-order valence-corrected chi connectivity index (χ2v) is 4.13. The van der Waals surface area contributed by atoms with E-state index in [2.05, 4.69) is 4.74 Å². The molecule has 2 aromatic carbocycles. The zero-order chi connectivity index (χ0) is 13.8. The monoisotopic (exact) mass is 280 g/mol. The first-order valence-electron chi connectivity index (χ1n) is 5.41. The number of methoxy groups -OCH3 is 1. The molecule has 0 aromatic heterocycles. The van der Waals surface area contributed by atoms with Crippen LogP contribution in [0.3, 0.4) is 0 Å². The van der Waals surface area contributed by atoms with Gasteiger partial charge in [0.2, 0.25) is 0 Å². The Labute approximate surface area is 114 Å². The van der Waals surface area contributed by atoms with E-state index in [1.165, 1.54) is 37.4 Å². The molecule has 2 rings (SSSR count). The summed E-state index contributed by atoms with van der Waals surface area (Å²) < 4.78 is 23.2. The van der Waals surface area contributed by atoms with Gasteiger partial charge in [0, 0.05) is 11.1 Å². The van der Waals surface area contributed by atoms with E-state index in [9.17, 15) is 9.18 Å². The van der Waals surface area contributed by atoms with Crippen molar-refractivity contribution >= 4 is 17.6 Å². The van der Waals surface area contributed by atoms with E-state index in [0.29, 0.717) is 5.02 Å². The van der Waals surface area contributed by atoms with Gasteiger partial charge in [0.15, 0.2) is 0 Å². The van der Waals surface area contributed by atoms with Crippen molar-refractivity contribution in [1.82, 2.24) is 0 Å². The molecule has 0 N–H and O–H groups in total. The van der Waals surface area contributed by atoms with Crippen molar-refractivity contribution in [3.63, 3.8) is 0 Å². The standard InChI is InChI=1S/C14H10ClFO3/c1-18-14(17)12-7-9(15)5-6-13(12)19-11-4-2-3-10(16)8-11/h2-8H,1H3. The number of esters is 1. The van der Waals surface area contributed by atoms with E-state index in [0.717, 1.165) is 0 Å². The summed E-state index contributed by atoms with van der Waals surface area (Å²) in [5.41, 5.74) is 0.180. The van der Waals surface area contributed by atoms with Crippen molar-refractivity contribution in [1.29, 1.82) is 0 Å². The molecule has 0 aliphatic heterocycles. The largest absolute Gasteiger partial charge is 0.465 e. The molecule has 0 atom stereocenters. The second-order valence-electron chi connectivity index (χ2n) is 3.69. The normalized spacial score (nSPS) is 10.1. The summed E-state index contributed by atoms with van der Waals surface area (Å²) >= 11 is 5.82. The lowest BCUT2D eigenvalue weighted by Crippen LogP contribution is -2.03. The van der Waals surface area contributed by atoms with E-state index in [1.807, 2.05) is 0 Å². The fourth-order valence-corrected chi connectivity index (χ4v) is 1.69. The van der Waals surface area contributed by atoms with Crippen molar-refractivity contribution in [3.8, 4) is 11.5 Å². The molecule has 5 heteroatoms. The third kappa shape index (κ3) is 3.23. The molecule has 0 heterocycles. The Balaban J connectivity index is 2.37. The lowest BCUT2D eigenvalue weighted by molar-refractivity contribution is 0.0598. The van der Waals surface area contributed by atoms with Crippen LogP contribution in [-0.4, -0.2) is 13.1 Å². The van der Waals surface area contributed by atoms with Gasteiger partial charge >= 0.3 is 5.97 Å². The SMILES string of the molecule is COC(=O)c1cc(Cl)ccc1Oc1cccc(F)c1. The highest BCUT2D eigenvalue weighted by Crippen LogP contribution is 2.28. The van der Waals surface area contributed by atoms with Gasteiger partial charge in [0.1, 0.15) is 22.9 Å². The molecule has 0 spiro atoms. The molecular weight excluding hydrogens is 271 g/mol. The first-order valence-corrected chi connectivity index (χ1v) is 5.79. The minimum absolute atomic E-state index is 0.180. The second kappa shape index (κ2) is 5.71. The number of hydrogen-bond donors (Lipinski definition) is 0. The van der Waals surface area contributed by atoms with Gasteiger partial charge in [0.05, 0.1) is 7.11 Å². The van der Waals surface area contributed by atoms with Crippen LogP contribution < -0.4 is 4.74 Å². The molecule has 0 saturated heterocycles. The fraction of sp³-hybridized carbons (Fsp3) is 0.0714. The lowest BCUT2D eigenvalue weighted by Gasteiger charge is -2.10. The molecule has 0 amide bonds. The zero-order valence-corrected chi connectivity index (χ0v) is 10.8. The summed E-state index contributed by atoms with van der Waals surface area (Å²) in [6.07, 6.45) is 0. The number of hydrogen-bond acceptors (Lipinski definition) is 3. The van der Waals surface area contributed by atoms with Gasteiger partial charge in [-0.1, -0.05) is 17.7 Å². The van der Waals surface area contributed by atoms with Crippen LogP contribution in [0, 0.1) is 5.82 Å². The first-order chi connectivity index (χ1) is 9.10. The molecule has 0 aliphatic carbocycles. The van der Waals surface area contributed by atoms with Gasteiger partial charge in [0.25, 0.3) is 0 Å². The fourth-order valence-electron chi connectivity index (χ4n) is 1.52. The summed E-state index contributed by atoms with van der Waals surface area (Å²) in [5, 5.41) is 0.381. The van der Waals surface area contributed by atoms with E-state index >= 15 is 0 Å². The van der Waals surface area contributed by atoms with Gasteiger partial charge in [-0.15, -0.1) is 0 Å². The van der Waals surface area contributed by atoms with Crippen molar-refractivity contribution in [3.05, 3.63) is 58.9 Å². The highest BCUT2D eigenvalue weighted by Gasteiger charge is 2.14. The molecule has 0 saturated carbocycles. The van der Waals surface area contributed by atoms with Crippen LogP contribution in [0.4, 0.5) is 4.39 Å². The van der Waals surface area contributed by atoms with Crippen LogP contribution in [0.5, 0.6) is 11.5 Å². The highest BCUT2D eigenvalue weighted by molar-refractivity contribution is 6.31. The van der Waals surface area contributed by atoms with Crippen LogP contribution in [0.1, 0.15) is 10.4 Å². The van der Waals surface area contributed by atoms with Crippen molar-refractivity contribution in [2.75, 3.05) is 7.11 Å². The summed E-state index contributed by atoms with van der Waals surface area (Å²) in [4.78, 5) is 11.6. The molecule has 2 aromatic rings. The van der Waals surface area contributed by atoms with Crippen LogP contribution >= 0.6 is 11.6 Å². The average Bonchev–Trinajstić information content (AvgIpc) is 2.40. The number of rotatable bonds is 3. The lowest BCUT2D eigenvalue weighted by atomic mass is 10.2. The van der Waals surface area contributed by atoms with E-state index in [4.69, 9.17) is 16.3 Å². The van der Waals surface area contributed by atoms with Crippen LogP contribution in [-0.2, 0) is 4.74 Å². The van der Waals surface area contributed by atoms with Gasteiger partial charge in [-0.2, -0.15) is 0 Å². The molecule has 98 valence electrons. The smallest absolute Gasteiger partial charge is 0.341 e. The van der Waals surface area contributed by atoms with Crippen LogP contribution in [0.15, 0.2) is 42.5 Å². The Morgan fingerprint density at radius 2 is 2.00 bits per heavy atom. The Hall–Kier alpha value is -2.07. The highest BCUT2D eigenvalue weighted by atomic mass is 35.5. The summed E-state index contributed by atoms with van der Waals surface area (Å²) in [5.74, 6) is -0.464. The molecule has 0 radical (unpaired) electrons. The maximum Gasteiger partial charge on any atom is 0.341 e. The van der Waals surface area contributed by atoms with E-state index in [1.54, 1.807) is 12.1 Å². The molecule has 3 nitrogen and oxygen atoms in total. The van der Waals surface area contributed by atoms with Crippen molar-refractivity contribution in [2.45, 2.75) is 0 Å².